The van der Waals surface area contributed by atoms with Crippen molar-refractivity contribution in [3.63, 3.8) is 0 Å². The van der Waals surface area contributed by atoms with E-state index in [1.165, 1.54) is 16.8 Å². The summed E-state index contributed by atoms with van der Waals surface area (Å²) in [6.45, 7) is 3.00. The number of fused-ring (bicyclic) bond motifs is 2. The molecule has 0 radical (unpaired) electrons. The molecular formula is C20H16ClN3. The lowest BCUT2D eigenvalue weighted by atomic mass is 9.97. The number of halogens is 1. The summed E-state index contributed by atoms with van der Waals surface area (Å²) in [4.78, 5) is 6.64. The fourth-order valence-electron chi connectivity index (χ4n) is 3.50. The van der Waals surface area contributed by atoms with Crippen molar-refractivity contribution in [1.29, 1.82) is 5.26 Å². The topological polar surface area (TPSA) is 39.9 Å². The highest BCUT2D eigenvalue weighted by atomic mass is 35.5. The Morgan fingerprint density at radius 3 is 2.96 bits per heavy atom. The quantitative estimate of drug-likeness (QED) is 0.618. The predicted molar refractivity (Wildman–Crippen MR) is 98.0 cm³/mol. The highest BCUT2D eigenvalue weighted by Gasteiger charge is 2.23. The van der Waals surface area contributed by atoms with Crippen LogP contribution in [0.15, 0.2) is 42.6 Å². The Hall–Kier alpha value is -2.57. The smallest absolute Gasteiger partial charge is 0.103 e. The van der Waals surface area contributed by atoms with Gasteiger partial charge in [-0.15, -0.1) is 0 Å². The van der Waals surface area contributed by atoms with Crippen molar-refractivity contribution >= 4 is 33.9 Å². The third-order valence-corrected chi connectivity index (χ3v) is 4.87. The van der Waals surface area contributed by atoms with E-state index in [4.69, 9.17) is 11.6 Å². The Kier molecular flexibility index (Phi) is 3.63. The number of hydrogen-bond donors (Lipinski definition) is 0. The Morgan fingerprint density at radius 2 is 2.12 bits per heavy atom. The third kappa shape index (κ3) is 2.31. The van der Waals surface area contributed by atoms with Crippen molar-refractivity contribution in [2.45, 2.75) is 19.8 Å². The van der Waals surface area contributed by atoms with E-state index in [0.29, 0.717) is 10.6 Å². The van der Waals surface area contributed by atoms with Crippen LogP contribution in [0, 0.1) is 18.3 Å². The molecule has 3 nitrogen and oxygen atoms in total. The van der Waals surface area contributed by atoms with Gasteiger partial charge in [-0.05, 0) is 37.5 Å². The van der Waals surface area contributed by atoms with Crippen LogP contribution in [0.2, 0.25) is 5.02 Å². The average Bonchev–Trinajstić information content (AvgIpc) is 2.60. The zero-order valence-electron chi connectivity index (χ0n) is 13.4. The highest BCUT2D eigenvalue weighted by molar-refractivity contribution is 6.35. The molecule has 0 fully saturated rings. The molecule has 0 N–H and O–H groups in total. The number of nitriles is 1. The number of para-hydroxylation sites is 1. The van der Waals surface area contributed by atoms with Crippen molar-refractivity contribution in [3.05, 3.63) is 64.3 Å². The van der Waals surface area contributed by atoms with Gasteiger partial charge in [-0.25, -0.2) is 0 Å². The summed E-state index contributed by atoms with van der Waals surface area (Å²) in [6, 6.07) is 14.6. The summed E-state index contributed by atoms with van der Waals surface area (Å²) in [5.41, 5.74) is 6.01. The lowest BCUT2D eigenvalue weighted by molar-refractivity contribution is 0.767. The number of aromatic nitrogens is 1. The van der Waals surface area contributed by atoms with Crippen molar-refractivity contribution in [1.82, 2.24) is 4.98 Å². The minimum absolute atomic E-state index is 0.582. The van der Waals surface area contributed by atoms with Gasteiger partial charge < -0.3 is 4.90 Å². The molecule has 3 aromatic rings. The van der Waals surface area contributed by atoms with Crippen LogP contribution in [0.3, 0.4) is 0 Å². The van der Waals surface area contributed by atoms with Gasteiger partial charge in [-0.3, -0.25) is 4.98 Å². The van der Waals surface area contributed by atoms with Crippen LogP contribution in [-0.2, 0) is 6.42 Å². The largest absolute Gasteiger partial charge is 0.340 e. The third-order valence-electron chi connectivity index (χ3n) is 4.56. The maximum absolute atomic E-state index is 9.62. The minimum atomic E-state index is 0.582. The molecule has 0 aliphatic carbocycles. The van der Waals surface area contributed by atoms with E-state index >= 15 is 0 Å². The van der Waals surface area contributed by atoms with Crippen LogP contribution in [0.5, 0.6) is 0 Å². The number of anilines is 2. The van der Waals surface area contributed by atoms with E-state index in [9.17, 15) is 5.26 Å². The fraction of sp³-hybridized carbons (Fsp3) is 0.200. The number of rotatable bonds is 1. The molecule has 1 aliphatic rings. The zero-order chi connectivity index (χ0) is 16.7. The molecule has 2 heterocycles. The second kappa shape index (κ2) is 5.81. The van der Waals surface area contributed by atoms with Gasteiger partial charge in [0, 0.05) is 23.8 Å². The molecule has 1 aromatic heterocycles. The number of aryl methyl sites for hydroxylation is 2. The molecule has 0 amide bonds. The molecular weight excluding hydrogens is 318 g/mol. The van der Waals surface area contributed by atoms with E-state index in [1.807, 2.05) is 18.2 Å². The molecule has 0 bridgehead atoms. The maximum Gasteiger partial charge on any atom is 0.103 e. The lowest BCUT2D eigenvalue weighted by Gasteiger charge is -2.33. The molecule has 24 heavy (non-hydrogen) atoms. The maximum atomic E-state index is 9.62. The van der Waals surface area contributed by atoms with Crippen LogP contribution in [0.4, 0.5) is 11.4 Å². The van der Waals surface area contributed by atoms with E-state index in [2.05, 4.69) is 41.1 Å². The summed E-state index contributed by atoms with van der Waals surface area (Å²) in [5, 5.41) is 11.2. The van der Waals surface area contributed by atoms with Crippen LogP contribution in [0.25, 0.3) is 10.9 Å². The number of hydrogen-bond acceptors (Lipinski definition) is 3. The van der Waals surface area contributed by atoms with Gasteiger partial charge in [0.05, 0.1) is 21.8 Å². The Labute approximate surface area is 146 Å². The minimum Gasteiger partial charge on any atom is -0.340 e. The molecule has 0 unspecified atom stereocenters. The summed E-state index contributed by atoms with van der Waals surface area (Å²) < 4.78 is 0. The zero-order valence-corrected chi connectivity index (χ0v) is 14.1. The molecule has 4 rings (SSSR count). The van der Waals surface area contributed by atoms with Gasteiger partial charge in [0.2, 0.25) is 0 Å². The van der Waals surface area contributed by atoms with Gasteiger partial charge in [-0.1, -0.05) is 41.4 Å². The van der Waals surface area contributed by atoms with Gasteiger partial charge >= 0.3 is 0 Å². The molecule has 0 saturated heterocycles. The molecule has 0 atom stereocenters. The van der Waals surface area contributed by atoms with Crippen LogP contribution in [0.1, 0.15) is 23.1 Å². The first-order chi connectivity index (χ1) is 11.7. The first kappa shape index (κ1) is 15.0. The highest BCUT2D eigenvalue weighted by Crippen LogP contribution is 2.40. The van der Waals surface area contributed by atoms with Crippen LogP contribution >= 0.6 is 11.6 Å². The summed E-state index contributed by atoms with van der Waals surface area (Å²) in [5.74, 6) is 0. The molecule has 0 spiro atoms. The molecule has 0 saturated carbocycles. The number of nitrogens with zero attached hydrogens (tertiary/aromatic N) is 3. The first-order valence-corrected chi connectivity index (χ1v) is 8.41. The molecule has 118 valence electrons. The SMILES string of the molecule is Cc1ccc2c(c1)CCCN2c1c(C#N)cnc2c(Cl)cccc12. The van der Waals surface area contributed by atoms with Crippen LogP contribution < -0.4 is 4.90 Å². The Bertz CT molecular complexity index is 988. The van der Waals surface area contributed by atoms with Crippen molar-refractivity contribution in [2.75, 3.05) is 11.4 Å². The van der Waals surface area contributed by atoms with Crippen molar-refractivity contribution in [2.24, 2.45) is 0 Å². The second-order valence-electron chi connectivity index (χ2n) is 6.16. The monoisotopic (exact) mass is 333 g/mol. The molecule has 2 aromatic carbocycles. The van der Waals surface area contributed by atoms with Gasteiger partial charge in [-0.2, -0.15) is 5.26 Å². The lowest BCUT2D eigenvalue weighted by Crippen LogP contribution is -2.25. The van der Waals surface area contributed by atoms with Gasteiger partial charge in [0.15, 0.2) is 0 Å². The number of pyridine rings is 1. The normalized spacial score (nSPS) is 13.6. The van der Waals surface area contributed by atoms with E-state index < -0.39 is 0 Å². The fourth-order valence-corrected chi connectivity index (χ4v) is 3.73. The summed E-state index contributed by atoms with van der Waals surface area (Å²) >= 11 is 6.32. The number of benzene rings is 2. The van der Waals surface area contributed by atoms with Crippen molar-refractivity contribution in [3.8, 4) is 6.07 Å². The van der Waals surface area contributed by atoms with E-state index in [1.54, 1.807) is 6.20 Å². The Morgan fingerprint density at radius 1 is 1.25 bits per heavy atom. The Balaban J connectivity index is 2.01. The first-order valence-electron chi connectivity index (χ1n) is 8.03. The standard InChI is InChI=1S/C20H16ClN3/c1-13-7-8-18-14(10-13)4-3-9-24(18)20-15(11-22)12-23-19-16(20)5-2-6-17(19)21/h2,5-8,10,12H,3-4,9H2,1H3. The average molecular weight is 334 g/mol. The second-order valence-corrected chi connectivity index (χ2v) is 6.56. The summed E-state index contributed by atoms with van der Waals surface area (Å²) in [6.07, 6.45) is 3.76. The predicted octanol–water partition coefficient (Wildman–Crippen LogP) is 5.15. The van der Waals surface area contributed by atoms with Crippen LogP contribution in [-0.4, -0.2) is 11.5 Å². The van der Waals surface area contributed by atoms with E-state index in [-0.39, 0.29) is 0 Å². The van der Waals surface area contributed by atoms with E-state index in [0.717, 1.165) is 36.0 Å². The van der Waals surface area contributed by atoms with Gasteiger partial charge in [0.25, 0.3) is 0 Å². The van der Waals surface area contributed by atoms with Gasteiger partial charge in [0.1, 0.15) is 6.07 Å². The molecule has 1 aliphatic heterocycles. The molecule has 4 heteroatoms. The summed E-state index contributed by atoms with van der Waals surface area (Å²) in [7, 11) is 0. The van der Waals surface area contributed by atoms with Crippen molar-refractivity contribution < 1.29 is 0 Å².